The Morgan fingerprint density at radius 3 is 2.96 bits per heavy atom. The van der Waals surface area contributed by atoms with E-state index in [0.717, 1.165) is 28.2 Å². The van der Waals surface area contributed by atoms with E-state index in [9.17, 15) is 0 Å². The van der Waals surface area contributed by atoms with Crippen molar-refractivity contribution in [3.8, 4) is 5.75 Å². The SMILES string of the molecule is COc1ccc(C2NC=CS2)cc1Nc1n[nH]c2ccccc12. The first-order valence-corrected chi connectivity index (χ1v) is 8.24. The number of thioether (sulfide) groups is 1. The van der Waals surface area contributed by atoms with E-state index >= 15 is 0 Å². The average Bonchev–Trinajstić information content (AvgIpc) is 3.25. The number of benzene rings is 2. The third-order valence-corrected chi connectivity index (χ3v) is 4.75. The van der Waals surface area contributed by atoms with Gasteiger partial charge in [0.05, 0.1) is 18.3 Å². The zero-order chi connectivity index (χ0) is 15.6. The summed E-state index contributed by atoms with van der Waals surface area (Å²) in [4.78, 5) is 0. The largest absolute Gasteiger partial charge is 0.495 e. The number of H-pyrrole nitrogens is 1. The van der Waals surface area contributed by atoms with Crippen LogP contribution in [0.2, 0.25) is 0 Å². The van der Waals surface area contributed by atoms with Crippen molar-refractivity contribution in [2.45, 2.75) is 5.37 Å². The molecule has 0 saturated carbocycles. The quantitative estimate of drug-likeness (QED) is 0.674. The summed E-state index contributed by atoms with van der Waals surface area (Å²) in [7, 11) is 1.67. The molecule has 1 unspecified atom stereocenters. The molecule has 4 rings (SSSR count). The third kappa shape index (κ3) is 2.61. The molecule has 2 aromatic carbocycles. The van der Waals surface area contributed by atoms with Crippen LogP contribution in [-0.2, 0) is 0 Å². The van der Waals surface area contributed by atoms with Gasteiger partial charge in [0.15, 0.2) is 5.82 Å². The molecular weight excluding hydrogens is 308 g/mol. The molecule has 6 heteroatoms. The summed E-state index contributed by atoms with van der Waals surface area (Å²) in [5.41, 5.74) is 3.09. The highest BCUT2D eigenvalue weighted by atomic mass is 32.2. The number of rotatable bonds is 4. The standard InChI is InChI=1S/C17H16N4OS/c1-22-15-7-6-11(17-18-8-9-23-17)10-14(15)19-16-12-4-2-3-5-13(12)20-21-16/h2-10,17-18H,1H3,(H2,19,20,21). The molecule has 0 radical (unpaired) electrons. The number of nitrogens with one attached hydrogen (secondary N) is 3. The van der Waals surface area contributed by atoms with E-state index in [4.69, 9.17) is 4.74 Å². The van der Waals surface area contributed by atoms with Crippen molar-refractivity contribution < 1.29 is 4.74 Å². The molecule has 116 valence electrons. The van der Waals surface area contributed by atoms with Crippen LogP contribution in [0.3, 0.4) is 0 Å². The van der Waals surface area contributed by atoms with Gasteiger partial charge in [0.1, 0.15) is 11.1 Å². The maximum Gasteiger partial charge on any atom is 0.160 e. The lowest BCUT2D eigenvalue weighted by molar-refractivity contribution is 0.416. The lowest BCUT2D eigenvalue weighted by atomic mass is 10.1. The van der Waals surface area contributed by atoms with Gasteiger partial charge in [0.2, 0.25) is 0 Å². The van der Waals surface area contributed by atoms with Crippen LogP contribution in [0.15, 0.2) is 54.1 Å². The van der Waals surface area contributed by atoms with Crippen molar-refractivity contribution in [2.75, 3.05) is 12.4 Å². The number of aromatic amines is 1. The predicted octanol–water partition coefficient (Wildman–Crippen LogP) is 4.12. The van der Waals surface area contributed by atoms with Crippen LogP contribution in [0.4, 0.5) is 11.5 Å². The molecule has 3 aromatic rings. The van der Waals surface area contributed by atoms with E-state index in [1.54, 1.807) is 18.9 Å². The second-order valence-electron chi connectivity index (χ2n) is 5.19. The minimum Gasteiger partial charge on any atom is -0.495 e. The maximum atomic E-state index is 5.48. The van der Waals surface area contributed by atoms with Gasteiger partial charge in [-0.25, -0.2) is 0 Å². The van der Waals surface area contributed by atoms with Crippen molar-refractivity contribution in [3.05, 3.63) is 59.6 Å². The summed E-state index contributed by atoms with van der Waals surface area (Å²) >= 11 is 1.75. The molecule has 1 aliphatic rings. The van der Waals surface area contributed by atoms with Crippen LogP contribution in [-0.4, -0.2) is 17.3 Å². The predicted molar refractivity (Wildman–Crippen MR) is 95.0 cm³/mol. The zero-order valence-electron chi connectivity index (χ0n) is 12.5. The molecule has 0 fully saturated rings. The van der Waals surface area contributed by atoms with Crippen molar-refractivity contribution in [2.24, 2.45) is 0 Å². The number of aromatic nitrogens is 2. The molecular formula is C17H16N4OS. The number of anilines is 2. The molecule has 2 heterocycles. The number of para-hydroxylation sites is 1. The Hall–Kier alpha value is -2.60. The van der Waals surface area contributed by atoms with Crippen molar-refractivity contribution in [1.29, 1.82) is 0 Å². The Labute approximate surface area is 138 Å². The molecule has 1 aliphatic heterocycles. The molecule has 1 aromatic heterocycles. The van der Waals surface area contributed by atoms with E-state index in [1.165, 1.54) is 5.56 Å². The van der Waals surface area contributed by atoms with Gasteiger partial charge in [-0.1, -0.05) is 18.2 Å². The van der Waals surface area contributed by atoms with E-state index in [2.05, 4.69) is 38.4 Å². The van der Waals surface area contributed by atoms with E-state index in [-0.39, 0.29) is 5.37 Å². The number of hydrogen-bond acceptors (Lipinski definition) is 5. The third-order valence-electron chi connectivity index (χ3n) is 3.78. The van der Waals surface area contributed by atoms with Crippen LogP contribution < -0.4 is 15.4 Å². The van der Waals surface area contributed by atoms with Crippen molar-refractivity contribution in [3.63, 3.8) is 0 Å². The Balaban J connectivity index is 1.70. The lowest BCUT2D eigenvalue weighted by Gasteiger charge is -2.15. The number of hydrogen-bond donors (Lipinski definition) is 3. The maximum absolute atomic E-state index is 5.48. The fourth-order valence-corrected chi connectivity index (χ4v) is 3.41. The molecule has 0 aliphatic carbocycles. The minimum absolute atomic E-state index is 0.234. The number of ether oxygens (including phenoxy) is 1. The number of methoxy groups -OCH3 is 1. The van der Waals surface area contributed by atoms with Gasteiger partial charge >= 0.3 is 0 Å². The first-order chi connectivity index (χ1) is 11.3. The molecule has 0 amide bonds. The second kappa shape index (κ2) is 5.89. The highest BCUT2D eigenvalue weighted by Crippen LogP contribution is 2.37. The molecule has 23 heavy (non-hydrogen) atoms. The van der Waals surface area contributed by atoms with E-state index < -0.39 is 0 Å². The van der Waals surface area contributed by atoms with Gasteiger partial charge in [0, 0.05) is 11.6 Å². The average molecular weight is 324 g/mol. The summed E-state index contributed by atoms with van der Waals surface area (Å²) in [6, 6.07) is 14.2. The molecule has 0 saturated heterocycles. The minimum atomic E-state index is 0.234. The Morgan fingerprint density at radius 1 is 1.22 bits per heavy atom. The fourth-order valence-electron chi connectivity index (χ4n) is 2.63. The van der Waals surface area contributed by atoms with E-state index in [0.29, 0.717) is 0 Å². The monoisotopic (exact) mass is 324 g/mol. The second-order valence-corrected chi connectivity index (χ2v) is 6.20. The number of fused-ring (bicyclic) bond motifs is 1. The first-order valence-electron chi connectivity index (χ1n) is 7.30. The highest BCUT2D eigenvalue weighted by molar-refractivity contribution is 8.02. The molecule has 5 nitrogen and oxygen atoms in total. The van der Waals surface area contributed by atoms with Crippen LogP contribution in [0, 0.1) is 0 Å². The van der Waals surface area contributed by atoms with Gasteiger partial charge in [-0.2, -0.15) is 5.10 Å². The van der Waals surface area contributed by atoms with Gasteiger partial charge in [-0.3, -0.25) is 5.10 Å². The van der Waals surface area contributed by atoms with Gasteiger partial charge in [0.25, 0.3) is 0 Å². The van der Waals surface area contributed by atoms with Crippen molar-refractivity contribution >= 4 is 34.2 Å². The van der Waals surface area contributed by atoms with Crippen LogP contribution in [0.1, 0.15) is 10.9 Å². The lowest BCUT2D eigenvalue weighted by Crippen LogP contribution is -2.07. The summed E-state index contributed by atoms with van der Waals surface area (Å²) in [6.45, 7) is 0. The first kappa shape index (κ1) is 14.0. The highest BCUT2D eigenvalue weighted by Gasteiger charge is 2.16. The molecule has 0 spiro atoms. The summed E-state index contributed by atoms with van der Waals surface area (Å²) in [5.74, 6) is 1.58. The fraction of sp³-hybridized carbons (Fsp3) is 0.118. The Bertz CT molecular complexity index is 866. The molecule has 3 N–H and O–H groups in total. The molecule has 0 bridgehead atoms. The Kier molecular flexibility index (Phi) is 3.59. The smallest absolute Gasteiger partial charge is 0.160 e. The van der Waals surface area contributed by atoms with Crippen LogP contribution in [0.25, 0.3) is 10.9 Å². The van der Waals surface area contributed by atoms with Gasteiger partial charge in [-0.05, 0) is 35.2 Å². The van der Waals surface area contributed by atoms with E-state index in [1.807, 2.05) is 36.5 Å². The van der Waals surface area contributed by atoms with Gasteiger partial charge < -0.3 is 15.4 Å². The number of nitrogens with zero attached hydrogens (tertiary/aromatic N) is 1. The van der Waals surface area contributed by atoms with Crippen LogP contribution in [0.5, 0.6) is 5.75 Å². The van der Waals surface area contributed by atoms with Crippen LogP contribution >= 0.6 is 11.8 Å². The molecule has 1 atom stereocenters. The Morgan fingerprint density at radius 2 is 2.13 bits per heavy atom. The zero-order valence-corrected chi connectivity index (χ0v) is 13.4. The van der Waals surface area contributed by atoms with Crippen molar-refractivity contribution in [1.82, 2.24) is 15.5 Å². The summed E-state index contributed by atoms with van der Waals surface area (Å²) < 4.78 is 5.48. The summed E-state index contributed by atoms with van der Waals surface area (Å²) in [5, 5.41) is 17.5. The topological polar surface area (TPSA) is 62.0 Å². The normalized spacial score (nSPS) is 16.5. The summed E-state index contributed by atoms with van der Waals surface area (Å²) in [6.07, 6.45) is 1.97. The van der Waals surface area contributed by atoms with Gasteiger partial charge in [-0.15, -0.1) is 11.8 Å².